The van der Waals surface area contributed by atoms with Crippen LogP contribution in [-0.2, 0) is 0 Å². The Labute approximate surface area is 101 Å². The Balaban J connectivity index is 2.25. The second kappa shape index (κ2) is 4.64. The Hall–Kier alpha value is -1.73. The molecule has 0 amide bonds. The number of piperidine rings is 1. The zero-order chi connectivity index (χ0) is 12.4. The topological polar surface area (TPSA) is 73.3 Å². The van der Waals surface area contributed by atoms with Crippen LogP contribution in [0.1, 0.15) is 18.9 Å². The van der Waals surface area contributed by atoms with Crippen LogP contribution < -0.4 is 10.6 Å². The molecule has 2 atom stereocenters. The van der Waals surface area contributed by atoms with Gasteiger partial charge in [0.25, 0.3) is 0 Å². The molecule has 1 saturated heterocycles. The molecular formula is C13H17N3O. The van der Waals surface area contributed by atoms with Gasteiger partial charge >= 0.3 is 0 Å². The molecule has 1 heterocycles. The van der Waals surface area contributed by atoms with Gasteiger partial charge in [-0.25, -0.2) is 0 Å². The molecule has 1 aromatic rings. The molecule has 4 nitrogen and oxygen atoms in total. The number of nitrogens with zero attached hydrogens (tertiary/aromatic N) is 2. The molecule has 90 valence electrons. The lowest BCUT2D eigenvalue weighted by Gasteiger charge is -2.36. The first-order valence-corrected chi connectivity index (χ1v) is 5.84. The van der Waals surface area contributed by atoms with Crippen LogP contribution in [0.5, 0.6) is 0 Å². The van der Waals surface area contributed by atoms with E-state index in [1.165, 1.54) is 0 Å². The molecule has 0 aromatic heterocycles. The van der Waals surface area contributed by atoms with Gasteiger partial charge in [0, 0.05) is 13.1 Å². The minimum Gasteiger partial charge on any atom is -0.397 e. The van der Waals surface area contributed by atoms with E-state index in [1.54, 1.807) is 12.1 Å². The number of nitriles is 1. The van der Waals surface area contributed by atoms with Crippen molar-refractivity contribution in [2.45, 2.75) is 19.4 Å². The van der Waals surface area contributed by atoms with Crippen molar-refractivity contribution in [1.82, 2.24) is 0 Å². The van der Waals surface area contributed by atoms with E-state index in [2.05, 4.69) is 11.0 Å². The summed E-state index contributed by atoms with van der Waals surface area (Å²) in [5, 5.41) is 18.6. The quantitative estimate of drug-likeness (QED) is 0.715. The Morgan fingerprint density at radius 3 is 2.94 bits per heavy atom. The number of nitrogens with two attached hydrogens (primary N) is 1. The predicted octanol–water partition coefficient (Wildman–Crippen LogP) is 1.35. The largest absolute Gasteiger partial charge is 0.397 e. The SMILES string of the molecule is CC1CN(c2cc(C#N)ccc2N)CCC1O. The van der Waals surface area contributed by atoms with Crippen LogP contribution in [0.4, 0.5) is 11.4 Å². The summed E-state index contributed by atoms with van der Waals surface area (Å²) in [5.41, 5.74) is 8.15. The van der Waals surface area contributed by atoms with Crippen molar-refractivity contribution in [2.75, 3.05) is 23.7 Å². The number of hydrogen-bond acceptors (Lipinski definition) is 4. The van der Waals surface area contributed by atoms with Crippen LogP contribution in [0.15, 0.2) is 18.2 Å². The minimum atomic E-state index is -0.230. The Bertz CT molecular complexity index is 452. The van der Waals surface area contributed by atoms with Crippen molar-refractivity contribution in [3.8, 4) is 6.07 Å². The molecule has 2 rings (SSSR count). The van der Waals surface area contributed by atoms with Gasteiger partial charge in [0.2, 0.25) is 0 Å². The maximum absolute atomic E-state index is 9.70. The molecular weight excluding hydrogens is 214 g/mol. The van der Waals surface area contributed by atoms with Gasteiger partial charge in [0.15, 0.2) is 0 Å². The van der Waals surface area contributed by atoms with Gasteiger partial charge in [0.05, 0.1) is 29.1 Å². The predicted molar refractivity (Wildman–Crippen MR) is 67.6 cm³/mol. The van der Waals surface area contributed by atoms with Gasteiger partial charge in [-0.1, -0.05) is 6.92 Å². The second-order valence-corrected chi connectivity index (χ2v) is 4.66. The van der Waals surface area contributed by atoms with Crippen molar-refractivity contribution in [2.24, 2.45) is 5.92 Å². The second-order valence-electron chi connectivity index (χ2n) is 4.66. The van der Waals surface area contributed by atoms with E-state index >= 15 is 0 Å². The number of hydrogen-bond donors (Lipinski definition) is 2. The molecule has 0 spiro atoms. The molecule has 1 aromatic carbocycles. The number of nitrogen functional groups attached to an aromatic ring is 1. The van der Waals surface area contributed by atoms with Crippen LogP contribution in [0.3, 0.4) is 0 Å². The van der Waals surface area contributed by atoms with E-state index in [1.807, 2.05) is 13.0 Å². The third-order valence-corrected chi connectivity index (χ3v) is 3.36. The van der Waals surface area contributed by atoms with Crippen molar-refractivity contribution >= 4 is 11.4 Å². The molecule has 0 saturated carbocycles. The number of anilines is 2. The van der Waals surface area contributed by atoms with Crippen LogP contribution in [0.25, 0.3) is 0 Å². The molecule has 0 aliphatic carbocycles. The summed E-state index contributed by atoms with van der Waals surface area (Å²) in [6, 6.07) is 7.43. The third kappa shape index (κ3) is 2.34. The molecule has 0 bridgehead atoms. The highest BCUT2D eigenvalue weighted by Crippen LogP contribution is 2.29. The fraction of sp³-hybridized carbons (Fsp3) is 0.462. The monoisotopic (exact) mass is 231 g/mol. The van der Waals surface area contributed by atoms with E-state index < -0.39 is 0 Å². The fourth-order valence-corrected chi connectivity index (χ4v) is 2.24. The van der Waals surface area contributed by atoms with Crippen molar-refractivity contribution < 1.29 is 5.11 Å². The molecule has 0 radical (unpaired) electrons. The average molecular weight is 231 g/mol. The molecule has 1 fully saturated rings. The number of aliphatic hydroxyl groups excluding tert-OH is 1. The summed E-state index contributed by atoms with van der Waals surface area (Å²) < 4.78 is 0. The van der Waals surface area contributed by atoms with Crippen LogP contribution in [-0.4, -0.2) is 24.3 Å². The standard InChI is InChI=1S/C13H17N3O/c1-9-8-16(5-4-13(9)17)12-6-10(7-14)2-3-11(12)15/h2-3,6,9,13,17H,4-5,8,15H2,1H3. The summed E-state index contributed by atoms with van der Waals surface area (Å²) >= 11 is 0. The average Bonchev–Trinajstić information content (AvgIpc) is 2.33. The summed E-state index contributed by atoms with van der Waals surface area (Å²) in [6.45, 7) is 3.59. The first-order chi connectivity index (χ1) is 8.11. The van der Waals surface area contributed by atoms with Crippen LogP contribution in [0, 0.1) is 17.2 Å². The zero-order valence-corrected chi connectivity index (χ0v) is 9.93. The number of rotatable bonds is 1. The van der Waals surface area contributed by atoms with E-state index in [0.717, 1.165) is 25.2 Å². The first kappa shape index (κ1) is 11.7. The third-order valence-electron chi connectivity index (χ3n) is 3.36. The Kier molecular flexibility index (Phi) is 3.21. The van der Waals surface area contributed by atoms with Gasteiger partial charge in [0.1, 0.15) is 0 Å². The lowest BCUT2D eigenvalue weighted by atomic mass is 9.96. The first-order valence-electron chi connectivity index (χ1n) is 5.84. The normalized spacial score (nSPS) is 24.4. The van der Waals surface area contributed by atoms with E-state index in [0.29, 0.717) is 11.3 Å². The fourth-order valence-electron chi connectivity index (χ4n) is 2.24. The van der Waals surface area contributed by atoms with Crippen LogP contribution >= 0.6 is 0 Å². The summed E-state index contributed by atoms with van der Waals surface area (Å²) in [4.78, 5) is 2.15. The van der Waals surface area contributed by atoms with Gasteiger partial charge in [-0.15, -0.1) is 0 Å². The summed E-state index contributed by atoms with van der Waals surface area (Å²) in [5.74, 6) is 0.230. The van der Waals surface area contributed by atoms with Crippen molar-refractivity contribution in [3.63, 3.8) is 0 Å². The van der Waals surface area contributed by atoms with Gasteiger partial charge < -0.3 is 15.7 Å². The van der Waals surface area contributed by atoms with Gasteiger partial charge in [-0.05, 0) is 30.5 Å². The Morgan fingerprint density at radius 2 is 2.29 bits per heavy atom. The lowest BCUT2D eigenvalue weighted by Crippen LogP contribution is -2.42. The zero-order valence-electron chi connectivity index (χ0n) is 9.93. The van der Waals surface area contributed by atoms with Crippen LogP contribution in [0.2, 0.25) is 0 Å². The van der Waals surface area contributed by atoms with Crippen molar-refractivity contribution in [1.29, 1.82) is 5.26 Å². The summed E-state index contributed by atoms with van der Waals surface area (Å²) in [7, 11) is 0. The molecule has 17 heavy (non-hydrogen) atoms. The molecule has 4 heteroatoms. The number of benzene rings is 1. The number of aliphatic hydroxyl groups is 1. The molecule has 1 aliphatic heterocycles. The smallest absolute Gasteiger partial charge is 0.0992 e. The van der Waals surface area contributed by atoms with E-state index in [-0.39, 0.29) is 12.0 Å². The van der Waals surface area contributed by atoms with Gasteiger partial charge in [-0.3, -0.25) is 0 Å². The minimum absolute atomic E-state index is 0.230. The van der Waals surface area contributed by atoms with E-state index in [4.69, 9.17) is 11.0 Å². The lowest BCUT2D eigenvalue weighted by molar-refractivity contribution is 0.0971. The molecule has 1 aliphatic rings. The Morgan fingerprint density at radius 1 is 1.53 bits per heavy atom. The van der Waals surface area contributed by atoms with E-state index in [9.17, 15) is 5.11 Å². The summed E-state index contributed by atoms with van der Waals surface area (Å²) in [6.07, 6.45) is 0.517. The van der Waals surface area contributed by atoms with Crippen molar-refractivity contribution in [3.05, 3.63) is 23.8 Å². The highest BCUT2D eigenvalue weighted by Gasteiger charge is 2.25. The highest BCUT2D eigenvalue weighted by atomic mass is 16.3. The highest BCUT2D eigenvalue weighted by molar-refractivity contribution is 5.69. The maximum atomic E-state index is 9.70. The van der Waals surface area contributed by atoms with Gasteiger partial charge in [-0.2, -0.15) is 5.26 Å². The molecule has 3 N–H and O–H groups in total. The molecule has 2 unspecified atom stereocenters. The maximum Gasteiger partial charge on any atom is 0.0992 e.